The zero-order valence-corrected chi connectivity index (χ0v) is 11.0. The number of fused-ring (bicyclic) bond motifs is 1. The van der Waals surface area contributed by atoms with Gasteiger partial charge in [-0.25, -0.2) is 4.98 Å². The van der Waals surface area contributed by atoms with Gasteiger partial charge in [0.2, 0.25) is 0 Å². The number of rotatable bonds is 1. The fourth-order valence-corrected chi connectivity index (χ4v) is 1.98. The Balaban J connectivity index is 2.26. The average Bonchev–Trinajstić information content (AvgIpc) is 2.73. The molecule has 0 radical (unpaired) electrons. The molecule has 0 aliphatic rings. The van der Waals surface area contributed by atoms with Crippen LogP contribution in [0.15, 0.2) is 44.4 Å². The Morgan fingerprint density at radius 3 is 2.89 bits per heavy atom. The topological polar surface area (TPSA) is 60.9 Å². The van der Waals surface area contributed by atoms with Gasteiger partial charge in [0.15, 0.2) is 5.58 Å². The highest BCUT2D eigenvalue weighted by molar-refractivity contribution is 9.10. The summed E-state index contributed by atoms with van der Waals surface area (Å²) < 4.78 is 7.37. The minimum atomic E-state index is -0.214. The SMILES string of the molecule is Cc1cc2c(=O)n(-c3ccc(Br)nc3)ncc2o1. The van der Waals surface area contributed by atoms with Gasteiger partial charge in [-0.3, -0.25) is 4.79 Å². The molecule has 5 nitrogen and oxygen atoms in total. The first-order chi connectivity index (χ1) is 8.65. The van der Waals surface area contributed by atoms with Crippen molar-refractivity contribution < 1.29 is 4.42 Å². The van der Waals surface area contributed by atoms with Gasteiger partial charge in [-0.05, 0) is 41.1 Å². The standard InChI is InChI=1S/C12H8BrN3O2/c1-7-4-9-10(18-7)6-15-16(12(9)17)8-2-3-11(13)14-5-8/h2-6H,1H3. The number of aryl methyl sites for hydroxylation is 1. The molecule has 0 aliphatic carbocycles. The van der Waals surface area contributed by atoms with Gasteiger partial charge in [-0.1, -0.05) is 0 Å². The summed E-state index contributed by atoms with van der Waals surface area (Å²) in [6, 6.07) is 5.24. The Morgan fingerprint density at radius 2 is 2.17 bits per heavy atom. The maximum atomic E-state index is 12.2. The summed E-state index contributed by atoms with van der Waals surface area (Å²) in [5.41, 5.74) is 0.899. The van der Waals surface area contributed by atoms with Crippen LogP contribution in [0.3, 0.4) is 0 Å². The molecule has 3 rings (SSSR count). The van der Waals surface area contributed by atoms with Crippen LogP contribution >= 0.6 is 15.9 Å². The highest BCUT2D eigenvalue weighted by atomic mass is 79.9. The van der Waals surface area contributed by atoms with E-state index in [1.165, 1.54) is 10.9 Å². The first kappa shape index (κ1) is 11.2. The number of nitrogens with zero attached hydrogens (tertiary/aromatic N) is 3. The molecule has 0 aromatic carbocycles. The fraction of sp³-hybridized carbons (Fsp3) is 0.0833. The van der Waals surface area contributed by atoms with Crippen molar-refractivity contribution in [2.75, 3.05) is 0 Å². The fourth-order valence-electron chi connectivity index (χ4n) is 1.75. The van der Waals surface area contributed by atoms with Crippen molar-refractivity contribution in [3.8, 4) is 5.69 Å². The zero-order valence-electron chi connectivity index (χ0n) is 9.42. The van der Waals surface area contributed by atoms with Crippen molar-refractivity contribution in [2.24, 2.45) is 0 Å². The van der Waals surface area contributed by atoms with Gasteiger partial charge in [0.05, 0.1) is 23.5 Å². The number of furan rings is 1. The molecule has 0 aliphatic heterocycles. The van der Waals surface area contributed by atoms with E-state index in [2.05, 4.69) is 26.0 Å². The first-order valence-corrected chi connectivity index (χ1v) is 6.05. The van der Waals surface area contributed by atoms with Crippen LogP contribution in [0.25, 0.3) is 16.7 Å². The van der Waals surface area contributed by atoms with Gasteiger partial charge in [0.1, 0.15) is 10.4 Å². The van der Waals surface area contributed by atoms with Crippen molar-refractivity contribution in [1.82, 2.24) is 14.8 Å². The van der Waals surface area contributed by atoms with Crippen LogP contribution < -0.4 is 5.56 Å². The maximum absolute atomic E-state index is 12.2. The normalized spacial score (nSPS) is 11.0. The molecule has 0 saturated heterocycles. The van der Waals surface area contributed by atoms with E-state index in [0.717, 1.165) is 0 Å². The summed E-state index contributed by atoms with van der Waals surface area (Å²) in [6.45, 7) is 1.80. The summed E-state index contributed by atoms with van der Waals surface area (Å²) >= 11 is 3.25. The van der Waals surface area contributed by atoms with E-state index in [0.29, 0.717) is 27.0 Å². The van der Waals surface area contributed by atoms with Crippen LogP contribution in [0.5, 0.6) is 0 Å². The monoisotopic (exact) mass is 305 g/mol. The molecule has 0 spiro atoms. The quantitative estimate of drug-likeness (QED) is 0.648. The van der Waals surface area contributed by atoms with Crippen molar-refractivity contribution in [3.63, 3.8) is 0 Å². The molecule has 0 unspecified atom stereocenters. The van der Waals surface area contributed by atoms with E-state index >= 15 is 0 Å². The van der Waals surface area contributed by atoms with Crippen LogP contribution in [-0.2, 0) is 0 Å². The van der Waals surface area contributed by atoms with Crippen LogP contribution in [0, 0.1) is 6.92 Å². The van der Waals surface area contributed by atoms with Crippen LogP contribution in [0.1, 0.15) is 5.76 Å². The summed E-state index contributed by atoms with van der Waals surface area (Å²) in [7, 11) is 0. The summed E-state index contributed by atoms with van der Waals surface area (Å²) in [4.78, 5) is 16.3. The second-order valence-electron chi connectivity index (χ2n) is 3.84. The molecule has 0 N–H and O–H groups in total. The first-order valence-electron chi connectivity index (χ1n) is 5.25. The minimum Gasteiger partial charge on any atom is -0.459 e. The third-order valence-corrected chi connectivity index (χ3v) is 3.02. The van der Waals surface area contributed by atoms with E-state index in [4.69, 9.17) is 4.42 Å². The van der Waals surface area contributed by atoms with Gasteiger partial charge in [-0.15, -0.1) is 0 Å². The molecule has 90 valence electrons. The Morgan fingerprint density at radius 1 is 1.33 bits per heavy atom. The molecule has 0 bridgehead atoms. The maximum Gasteiger partial charge on any atom is 0.282 e. The van der Waals surface area contributed by atoms with E-state index in [9.17, 15) is 4.79 Å². The zero-order chi connectivity index (χ0) is 12.7. The summed E-state index contributed by atoms with van der Waals surface area (Å²) in [5, 5.41) is 4.59. The largest absolute Gasteiger partial charge is 0.459 e. The highest BCUT2D eigenvalue weighted by Crippen LogP contribution is 2.15. The molecule has 0 amide bonds. The van der Waals surface area contributed by atoms with Gasteiger partial charge in [0.25, 0.3) is 5.56 Å². The number of hydrogen-bond acceptors (Lipinski definition) is 4. The highest BCUT2D eigenvalue weighted by Gasteiger charge is 2.09. The lowest BCUT2D eigenvalue weighted by atomic mass is 10.3. The number of hydrogen-bond donors (Lipinski definition) is 0. The lowest BCUT2D eigenvalue weighted by Crippen LogP contribution is -2.20. The minimum absolute atomic E-state index is 0.214. The summed E-state index contributed by atoms with van der Waals surface area (Å²) in [6.07, 6.45) is 3.11. The molecule has 0 fully saturated rings. The third kappa shape index (κ3) is 1.74. The van der Waals surface area contributed by atoms with Crippen molar-refractivity contribution in [2.45, 2.75) is 6.92 Å². The van der Waals surface area contributed by atoms with Crippen molar-refractivity contribution in [3.05, 3.63) is 51.3 Å². The van der Waals surface area contributed by atoms with Crippen LogP contribution in [0.4, 0.5) is 0 Å². The van der Waals surface area contributed by atoms with E-state index in [1.807, 2.05) is 0 Å². The molecular formula is C12H8BrN3O2. The van der Waals surface area contributed by atoms with Gasteiger partial charge in [-0.2, -0.15) is 9.78 Å². The Hall–Kier alpha value is -1.95. The second-order valence-corrected chi connectivity index (χ2v) is 4.65. The van der Waals surface area contributed by atoms with Gasteiger partial charge >= 0.3 is 0 Å². The van der Waals surface area contributed by atoms with Gasteiger partial charge in [0, 0.05) is 0 Å². The molecule has 0 atom stereocenters. The predicted octanol–water partition coefficient (Wildman–Crippen LogP) is 2.44. The molecule has 18 heavy (non-hydrogen) atoms. The molecule has 3 aromatic heterocycles. The average molecular weight is 306 g/mol. The van der Waals surface area contributed by atoms with Crippen molar-refractivity contribution in [1.29, 1.82) is 0 Å². The molecule has 0 saturated carbocycles. The number of pyridine rings is 1. The van der Waals surface area contributed by atoms with E-state index in [1.54, 1.807) is 31.3 Å². The van der Waals surface area contributed by atoms with Crippen LogP contribution in [0.2, 0.25) is 0 Å². The Labute approximate surface area is 110 Å². The van der Waals surface area contributed by atoms with Crippen molar-refractivity contribution >= 4 is 26.9 Å². The third-order valence-electron chi connectivity index (χ3n) is 2.55. The second kappa shape index (κ2) is 4.06. The summed E-state index contributed by atoms with van der Waals surface area (Å²) in [5.74, 6) is 0.690. The number of aromatic nitrogens is 3. The molecule has 3 heterocycles. The predicted molar refractivity (Wildman–Crippen MR) is 69.8 cm³/mol. The molecule has 3 aromatic rings. The van der Waals surface area contributed by atoms with E-state index in [-0.39, 0.29) is 5.56 Å². The smallest absolute Gasteiger partial charge is 0.282 e. The number of halogens is 1. The molecule has 6 heteroatoms. The Bertz CT molecular complexity index is 774. The molecular weight excluding hydrogens is 298 g/mol. The van der Waals surface area contributed by atoms with Crippen LogP contribution in [-0.4, -0.2) is 14.8 Å². The lowest BCUT2D eigenvalue weighted by Gasteiger charge is -2.02. The Kier molecular flexibility index (Phi) is 2.52. The van der Waals surface area contributed by atoms with E-state index < -0.39 is 0 Å². The van der Waals surface area contributed by atoms with Gasteiger partial charge < -0.3 is 4.42 Å². The lowest BCUT2D eigenvalue weighted by molar-refractivity contribution is 0.575.